The van der Waals surface area contributed by atoms with Gasteiger partial charge < -0.3 is 25.7 Å². The Morgan fingerprint density at radius 3 is 2.55 bits per heavy atom. The molecule has 0 spiro atoms. The molecule has 2 saturated heterocycles. The molecule has 4 heterocycles. The van der Waals surface area contributed by atoms with E-state index in [1.165, 1.54) is 0 Å². The van der Waals surface area contributed by atoms with Crippen LogP contribution in [0.15, 0.2) is 59.4 Å². The van der Waals surface area contributed by atoms with Crippen molar-refractivity contribution >= 4 is 34.5 Å². The van der Waals surface area contributed by atoms with Crippen molar-refractivity contribution < 1.29 is 14.4 Å². The van der Waals surface area contributed by atoms with E-state index in [1.807, 2.05) is 53.4 Å². The summed E-state index contributed by atoms with van der Waals surface area (Å²) in [4.78, 5) is 32.8. The fourth-order valence-corrected chi connectivity index (χ4v) is 4.87. The van der Waals surface area contributed by atoms with Crippen LogP contribution >= 0.6 is 0 Å². The lowest BCUT2D eigenvalue weighted by molar-refractivity contribution is -0.137. The Kier molecular flexibility index (Phi) is 4.07. The minimum Gasteiger partial charge on any atom is -0.385 e. The lowest BCUT2D eigenvalue weighted by Crippen LogP contribution is -2.47. The number of carbonyl (C=O) groups excluding carboxylic acids is 2. The van der Waals surface area contributed by atoms with Crippen LogP contribution in [0.1, 0.15) is 17.5 Å². The summed E-state index contributed by atoms with van der Waals surface area (Å²) in [5.41, 5.74) is 4.88. The largest absolute Gasteiger partial charge is 0.385 e. The Morgan fingerprint density at radius 2 is 1.81 bits per heavy atom. The average molecular weight is 415 g/mol. The van der Waals surface area contributed by atoms with Crippen molar-refractivity contribution in [2.45, 2.75) is 18.5 Å². The van der Waals surface area contributed by atoms with Gasteiger partial charge in [0.15, 0.2) is 6.61 Å². The molecule has 4 aliphatic rings. The maximum absolute atomic E-state index is 12.8. The van der Waals surface area contributed by atoms with E-state index < -0.39 is 0 Å². The van der Waals surface area contributed by atoms with Crippen LogP contribution in [0.2, 0.25) is 0 Å². The van der Waals surface area contributed by atoms with Crippen LogP contribution in [-0.4, -0.2) is 54.2 Å². The number of fused-ring (bicyclic) bond motifs is 4. The molecule has 2 atom stereocenters. The Hall–Kier alpha value is -3.65. The van der Waals surface area contributed by atoms with Crippen LogP contribution in [-0.2, 0) is 14.4 Å². The van der Waals surface area contributed by atoms with Gasteiger partial charge in [0.2, 0.25) is 0 Å². The quantitative estimate of drug-likeness (QED) is 0.525. The number of hydrogen-bond acceptors (Lipinski definition) is 6. The van der Waals surface area contributed by atoms with Gasteiger partial charge >= 0.3 is 0 Å². The molecular formula is C23H21N5O3. The molecule has 0 radical (unpaired) electrons. The fourth-order valence-electron chi connectivity index (χ4n) is 4.87. The minimum atomic E-state index is -0.194. The third kappa shape index (κ3) is 2.90. The SMILES string of the molecule is O=C1Nc2ccccc2/C1=C1/Nc2ccccc2/C1=N\OCC(=O)N1C[C@H]2C[C@@H]1CN2. The highest BCUT2D eigenvalue weighted by Gasteiger charge is 2.40. The monoisotopic (exact) mass is 415 g/mol. The summed E-state index contributed by atoms with van der Waals surface area (Å²) in [6.45, 7) is 1.44. The van der Waals surface area contributed by atoms with Gasteiger partial charge in [-0.1, -0.05) is 41.6 Å². The van der Waals surface area contributed by atoms with Crippen LogP contribution < -0.4 is 16.0 Å². The van der Waals surface area contributed by atoms with Crippen molar-refractivity contribution in [2.24, 2.45) is 5.16 Å². The highest BCUT2D eigenvalue weighted by atomic mass is 16.6. The maximum Gasteiger partial charge on any atom is 0.263 e. The number of allylic oxidation sites excluding steroid dienone is 1. The molecule has 156 valence electrons. The number of oxime groups is 1. The summed E-state index contributed by atoms with van der Waals surface area (Å²) in [6.07, 6.45) is 1.00. The standard InChI is InChI=1S/C23H21N5O3/c29-19(28-11-13-9-14(28)10-24-13)12-31-27-21-16-6-2-4-8-18(16)25-22(21)20-15-5-1-3-7-17(15)26-23(20)30/h1-8,13-14,24-25H,9-12H2,(H,26,30)/b22-20-,27-21+/t13-,14-/m1/s1. The van der Waals surface area contributed by atoms with E-state index in [0.29, 0.717) is 23.0 Å². The zero-order chi connectivity index (χ0) is 20.9. The smallest absolute Gasteiger partial charge is 0.263 e. The number of benzene rings is 2. The van der Waals surface area contributed by atoms with Crippen molar-refractivity contribution in [1.29, 1.82) is 0 Å². The van der Waals surface area contributed by atoms with Crippen LogP contribution in [0.25, 0.3) is 5.57 Å². The number of likely N-dealkylation sites (tertiary alicyclic amines) is 1. The number of carbonyl (C=O) groups is 2. The molecule has 2 aromatic rings. The lowest BCUT2D eigenvalue weighted by Gasteiger charge is -2.26. The van der Waals surface area contributed by atoms with Crippen LogP contribution in [0.5, 0.6) is 0 Å². The van der Waals surface area contributed by atoms with E-state index in [4.69, 9.17) is 4.84 Å². The average Bonchev–Trinajstić information content (AvgIpc) is 3.55. The lowest BCUT2D eigenvalue weighted by atomic mass is 10.0. The van der Waals surface area contributed by atoms with E-state index in [2.05, 4.69) is 21.1 Å². The molecular weight excluding hydrogens is 394 g/mol. The summed E-state index contributed by atoms with van der Waals surface area (Å²) in [6, 6.07) is 15.9. The van der Waals surface area contributed by atoms with E-state index >= 15 is 0 Å². The first-order valence-corrected chi connectivity index (χ1v) is 10.4. The van der Waals surface area contributed by atoms with Crippen molar-refractivity contribution in [2.75, 3.05) is 30.3 Å². The van der Waals surface area contributed by atoms with E-state index in [1.54, 1.807) is 0 Å². The topological polar surface area (TPSA) is 95.1 Å². The first-order valence-electron chi connectivity index (χ1n) is 10.4. The number of amides is 2. The second kappa shape index (κ2) is 6.95. The summed E-state index contributed by atoms with van der Waals surface area (Å²) in [5.74, 6) is -0.253. The van der Waals surface area contributed by atoms with Crippen LogP contribution in [0.4, 0.5) is 11.4 Å². The summed E-state index contributed by atoms with van der Waals surface area (Å²) in [5, 5.41) is 13.9. The van der Waals surface area contributed by atoms with Gasteiger partial charge in [-0.15, -0.1) is 0 Å². The molecule has 2 aromatic carbocycles. The predicted octanol–water partition coefficient (Wildman–Crippen LogP) is 1.77. The molecule has 8 nitrogen and oxygen atoms in total. The van der Waals surface area contributed by atoms with Gasteiger partial charge in [-0.3, -0.25) is 9.59 Å². The van der Waals surface area contributed by atoms with Crippen molar-refractivity contribution in [3.05, 3.63) is 65.4 Å². The van der Waals surface area contributed by atoms with Crippen molar-refractivity contribution in [3.8, 4) is 0 Å². The molecule has 0 aromatic heterocycles. The highest BCUT2D eigenvalue weighted by Crippen LogP contribution is 2.38. The second-order valence-electron chi connectivity index (χ2n) is 8.17. The Balaban J connectivity index is 1.32. The molecule has 0 aliphatic carbocycles. The number of para-hydroxylation sites is 2. The molecule has 6 rings (SSSR count). The van der Waals surface area contributed by atoms with Gasteiger partial charge in [0.25, 0.3) is 11.8 Å². The van der Waals surface area contributed by atoms with Gasteiger partial charge in [0.1, 0.15) is 5.71 Å². The van der Waals surface area contributed by atoms with Crippen molar-refractivity contribution in [1.82, 2.24) is 10.2 Å². The highest BCUT2D eigenvalue weighted by molar-refractivity contribution is 6.39. The summed E-state index contributed by atoms with van der Waals surface area (Å²) >= 11 is 0. The zero-order valence-corrected chi connectivity index (χ0v) is 16.7. The van der Waals surface area contributed by atoms with Gasteiger partial charge in [-0.2, -0.15) is 0 Å². The summed E-state index contributed by atoms with van der Waals surface area (Å²) in [7, 11) is 0. The first kappa shape index (κ1) is 18.1. The van der Waals surface area contributed by atoms with Crippen LogP contribution in [0.3, 0.4) is 0 Å². The number of anilines is 2. The van der Waals surface area contributed by atoms with Gasteiger partial charge in [-0.05, 0) is 18.6 Å². The Morgan fingerprint density at radius 1 is 1.06 bits per heavy atom. The number of nitrogens with one attached hydrogen (secondary N) is 3. The molecule has 0 saturated carbocycles. The molecule has 31 heavy (non-hydrogen) atoms. The molecule has 2 fully saturated rings. The number of nitrogens with zero attached hydrogens (tertiary/aromatic N) is 2. The normalized spacial score (nSPS) is 26.6. The zero-order valence-electron chi connectivity index (χ0n) is 16.7. The van der Waals surface area contributed by atoms with Gasteiger partial charge in [0.05, 0.1) is 11.3 Å². The molecule has 2 bridgehead atoms. The molecule has 4 aliphatic heterocycles. The second-order valence-corrected chi connectivity index (χ2v) is 8.17. The van der Waals surface area contributed by atoms with E-state index in [0.717, 1.165) is 42.0 Å². The third-order valence-electron chi connectivity index (χ3n) is 6.32. The number of hydrogen-bond donors (Lipinski definition) is 3. The fraction of sp³-hybridized carbons (Fsp3) is 0.261. The minimum absolute atomic E-state index is 0.0595. The Labute approximate surface area is 178 Å². The van der Waals surface area contributed by atoms with E-state index in [-0.39, 0.29) is 24.5 Å². The predicted molar refractivity (Wildman–Crippen MR) is 116 cm³/mol. The molecule has 8 heteroatoms. The van der Waals surface area contributed by atoms with Gasteiger partial charge in [-0.25, -0.2) is 0 Å². The number of piperazine rings is 1. The van der Waals surface area contributed by atoms with Crippen molar-refractivity contribution in [3.63, 3.8) is 0 Å². The van der Waals surface area contributed by atoms with E-state index in [9.17, 15) is 9.59 Å². The van der Waals surface area contributed by atoms with Crippen LogP contribution in [0, 0.1) is 0 Å². The molecule has 0 unspecified atom stereocenters. The summed E-state index contributed by atoms with van der Waals surface area (Å²) < 4.78 is 0. The first-order chi connectivity index (χ1) is 15.2. The molecule has 3 N–H and O–H groups in total. The number of rotatable bonds is 3. The Bertz CT molecular complexity index is 1170. The van der Waals surface area contributed by atoms with Gasteiger partial charge in [0, 0.05) is 47.7 Å². The third-order valence-corrected chi connectivity index (χ3v) is 6.32. The maximum atomic E-state index is 12.8. The molecule has 2 amide bonds.